The molecule has 1 heterocycles. The van der Waals surface area contributed by atoms with Crippen LogP contribution in [0.25, 0.3) is 0 Å². The van der Waals surface area contributed by atoms with E-state index < -0.39 is 0 Å². The second kappa shape index (κ2) is 6.05. The Labute approximate surface area is 108 Å². The molecular formula is C14H21NO3. The quantitative estimate of drug-likeness (QED) is 0.826. The van der Waals surface area contributed by atoms with Gasteiger partial charge in [0.1, 0.15) is 12.4 Å². The first kappa shape index (κ1) is 13.1. The number of hydrogen-bond donors (Lipinski definition) is 0. The second-order valence-electron chi connectivity index (χ2n) is 4.91. The van der Waals surface area contributed by atoms with Crippen molar-refractivity contribution in [2.24, 2.45) is 0 Å². The predicted octanol–water partition coefficient (Wildman–Crippen LogP) is 2.83. The Bertz CT molecular complexity index is 393. The van der Waals surface area contributed by atoms with Gasteiger partial charge in [0.25, 0.3) is 5.91 Å². The topological polar surface area (TPSA) is 42.7 Å². The number of furan rings is 1. The SMILES string of the molecule is COCc1ccc(C(=O)N(C)C2CCCCC2)o1. The standard InChI is InChI=1S/C14H21NO3/c1-15(11-6-4-3-5-7-11)14(16)13-9-8-12(18-13)10-17-2/h8-9,11H,3-7,10H2,1-2H3. The van der Waals surface area contributed by atoms with Crippen LogP contribution >= 0.6 is 0 Å². The molecule has 0 atom stereocenters. The fraction of sp³-hybridized carbons (Fsp3) is 0.643. The minimum absolute atomic E-state index is 0.0238. The fourth-order valence-electron chi connectivity index (χ4n) is 2.52. The summed E-state index contributed by atoms with van der Waals surface area (Å²) in [5.41, 5.74) is 0. The molecule has 0 spiro atoms. The Morgan fingerprint density at radius 1 is 1.39 bits per heavy atom. The fourth-order valence-corrected chi connectivity index (χ4v) is 2.52. The van der Waals surface area contributed by atoms with Gasteiger partial charge in [-0.1, -0.05) is 19.3 Å². The van der Waals surface area contributed by atoms with Crippen molar-refractivity contribution in [2.45, 2.75) is 44.8 Å². The van der Waals surface area contributed by atoms with Crippen LogP contribution in [0, 0.1) is 0 Å². The summed E-state index contributed by atoms with van der Waals surface area (Å²) in [7, 11) is 3.48. The van der Waals surface area contributed by atoms with Gasteiger partial charge in [-0.05, 0) is 25.0 Å². The molecule has 0 saturated heterocycles. The largest absolute Gasteiger partial charge is 0.453 e. The number of rotatable bonds is 4. The first-order chi connectivity index (χ1) is 8.72. The average Bonchev–Trinajstić information content (AvgIpc) is 2.87. The molecule has 1 amide bonds. The molecule has 1 saturated carbocycles. The van der Waals surface area contributed by atoms with Crippen LogP contribution in [-0.2, 0) is 11.3 Å². The molecule has 4 heteroatoms. The lowest BCUT2D eigenvalue weighted by atomic mass is 9.94. The first-order valence-corrected chi connectivity index (χ1v) is 6.57. The van der Waals surface area contributed by atoms with Gasteiger partial charge in [-0.15, -0.1) is 0 Å². The van der Waals surface area contributed by atoms with Crippen molar-refractivity contribution in [3.8, 4) is 0 Å². The van der Waals surface area contributed by atoms with E-state index in [-0.39, 0.29) is 5.91 Å². The maximum Gasteiger partial charge on any atom is 0.289 e. The second-order valence-corrected chi connectivity index (χ2v) is 4.91. The van der Waals surface area contributed by atoms with Crippen molar-refractivity contribution < 1.29 is 13.9 Å². The molecule has 1 aliphatic carbocycles. The molecule has 2 rings (SSSR count). The van der Waals surface area contributed by atoms with Crippen molar-refractivity contribution in [2.75, 3.05) is 14.2 Å². The molecule has 100 valence electrons. The van der Waals surface area contributed by atoms with Gasteiger partial charge in [-0.2, -0.15) is 0 Å². The van der Waals surface area contributed by atoms with E-state index in [9.17, 15) is 4.79 Å². The van der Waals surface area contributed by atoms with Crippen molar-refractivity contribution in [3.63, 3.8) is 0 Å². The first-order valence-electron chi connectivity index (χ1n) is 6.57. The zero-order valence-corrected chi connectivity index (χ0v) is 11.1. The lowest BCUT2D eigenvalue weighted by Crippen LogP contribution is -2.38. The molecule has 0 unspecified atom stereocenters. The maximum absolute atomic E-state index is 12.3. The van der Waals surface area contributed by atoms with E-state index in [0.29, 0.717) is 24.2 Å². The number of hydrogen-bond acceptors (Lipinski definition) is 3. The Kier molecular flexibility index (Phi) is 4.42. The summed E-state index contributed by atoms with van der Waals surface area (Å²) in [4.78, 5) is 14.1. The Hall–Kier alpha value is -1.29. The van der Waals surface area contributed by atoms with Crippen molar-refractivity contribution >= 4 is 5.91 Å². The minimum Gasteiger partial charge on any atom is -0.453 e. The minimum atomic E-state index is -0.0238. The van der Waals surface area contributed by atoms with Crippen LogP contribution in [0.4, 0.5) is 0 Å². The highest BCUT2D eigenvalue weighted by atomic mass is 16.5. The van der Waals surface area contributed by atoms with Gasteiger partial charge in [0, 0.05) is 20.2 Å². The summed E-state index contributed by atoms with van der Waals surface area (Å²) in [6.07, 6.45) is 5.93. The Balaban J connectivity index is 2.00. The summed E-state index contributed by atoms with van der Waals surface area (Å²) in [6.45, 7) is 0.403. The van der Waals surface area contributed by atoms with Gasteiger partial charge in [0.2, 0.25) is 0 Å². The Morgan fingerprint density at radius 3 is 2.78 bits per heavy atom. The third kappa shape index (κ3) is 2.93. The van der Waals surface area contributed by atoms with Crippen LogP contribution in [0.2, 0.25) is 0 Å². The van der Waals surface area contributed by atoms with Crippen molar-refractivity contribution in [1.82, 2.24) is 4.90 Å². The summed E-state index contributed by atoms with van der Waals surface area (Å²) in [6, 6.07) is 3.89. The predicted molar refractivity (Wildman–Crippen MR) is 68.4 cm³/mol. The van der Waals surface area contributed by atoms with E-state index in [1.165, 1.54) is 19.3 Å². The summed E-state index contributed by atoms with van der Waals surface area (Å²) in [5, 5.41) is 0. The summed E-state index contributed by atoms with van der Waals surface area (Å²) >= 11 is 0. The molecule has 0 aromatic carbocycles. The van der Waals surface area contributed by atoms with E-state index >= 15 is 0 Å². The normalized spacial score (nSPS) is 16.8. The molecular weight excluding hydrogens is 230 g/mol. The molecule has 1 aromatic rings. The molecule has 1 aliphatic rings. The summed E-state index contributed by atoms with van der Waals surface area (Å²) < 4.78 is 10.5. The van der Waals surface area contributed by atoms with Crippen LogP contribution in [0.5, 0.6) is 0 Å². The molecule has 18 heavy (non-hydrogen) atoms. The molecule has 0 radical (unpaired) electrons. The highest BCUT2D eigenvalue weighted by Gasteiger charge is 2.24. The van der Waals surface area contributed by atoms with Gasteiger partial charge in [0.05, 0.1) is 0 Å². The smallest absolute Gasteiger partial charge is 0.289 e. The Morgan fingerprint density at radius 2 is 2.11 bits per heavy atom. The summed E-state index contributed by atoms with van der Waals surface area (Å²) in [5.74, 6) is 1.08. The third-order valence-electron chi connectivity index (χ3n) is 3.60. The van der Waals surface area contributed by atoms with Gasteiger partial charge in [0.15, 0.2) is 5.76 Å². The van der Waals surface area contributed by atoms with Gasteiger partial charge >= 0.3 is 0 Å². The van der Waals surface area contributed by atoms with E-state index in [1.807, 2.05) is 11.9 Å². The molecule has 0 aliphatic heterocycles. The lowest BCUT2D eigenvalue weighted by Gasteiger charge is -2.30. The molecule has 0 N–H and O–H groups in total. The zero-order valence-electron chi connectivity index (χ0n) is 11.1. The molecule has 1 aromatic heterocycles. The number of ether oxygens (including phenoxy) is 1. The van der Waals surface area contributed by atoms with E-state index in [4.69, 9.17) is 9.15 Å². The van der Waals surface area contributed by atoms with Crippen LogP contribution in [0.15, 0.2) is 16.5 Å². The van der Waals surface area contributed by atoms with Crippen LogP contribution in [0.1, 0.15) is 48.4 Å². The number of carbonyl (C=O) groups excluding carboxylic acids is 1. The monoisotopic (exact) mass is 251 g/mol. The highest BCUT2D eigenvalue weighted by Crippen LogP contribution is 2.23. The van der Waals surface area contributed by atoms with Gasteiger partial charge < -0.3 is 14.1 Å². The van der Waals surface area contributed by atoms with Gasteiger partial charge in [-0.3, -0.25) is 4.79 Å². The number of methoxy groups -OCH3 is 1. The number of nitrogens with zero attached hydrogens (tertiary/aromatic N) is 1. The average molecular weight is 251 g/mol. The van der Waals surface area contributed by atoms with E-state index in [2.05, 4.69) is 0 Å². The highest BCUT2D eigenvalue weighted by molar-refractivity contribution is 5.91. The number of carbonyl (C=O) groups is 1. The zero-order chi connectivity index (χ0) is 13.0. The van der Waals surface area contributed by atoms with Crippen LogP contribution < -0.4 is 0 Å². The van der Waals surface area contributed by atoms with Gasteiger partial charge in [-0.25, -0.2) is 0 Å². The molecule has 0 bridgehead atoms. The van der Waals surface area contributed by atoms with Crippen molar-refractivity contribution in [3.05, 3.63) is 23.7 Å². The third-order valence-corrected chi connectivity index (χ3v) is 3.60. The van der Waals surface area contributed by atoms with E-state index in [0.717, 1.165) is 12.8 Å². The number of amides is 1. The van der Waals surface area contributed by atoms with E-state index in [1.54, 1.807) is 19.2 Å². The van der Waals surface area contributed by atoms with Crippen LogP contribution in [0.3, 0.4) is 0 Å². The molecule has 1 fully saturated rings. The maximum atomic E-state index is 12.3. The molecule has 4 nitrogen and oxygen atoms in total. The van der Waals surface area contributed by atoms with Crippen LogP contribution in [-0.4, -0.2) is 31.0 Å². The van der Waals surface area contributed by atoms with Crippen molar-refractivity contribution in [1.29, 1.82) is 0 Å². The lowest BCUT2D eigenvalue weighted by molar-refractivity contribution is 0.0657.